The number of carbonyl (C=O) groups excluding carboxylic acids is 1. The zero-order valence-electron chi connectivity index (χ0n) is 11.2. The summed E-state index contributed by atoms with van der Waals surface area (Å²) in [5.74, 6) is -0.0202. The van der Waals surface area contributed by atoms with Gasteiger partial charge in [-0.25, -0.2) is 9.78 Å². The number of likely N-dealkylation sites (tertiary alicyclic amines) is 1. The van der Waals surface area contributed by atoms with Crippen LogP contribution in [0.4, 0.5) is 0 Å². The van der Waals surface area contributed by atoms with Crippen molar-refractivity contribution >= 4 is 11.9 Å². The number of aromatic nitrogens is 1. The second kappa shape index (κ2) is 5.38. The lowest BCUT2D eigenvalue weighted by Crippen LogP contribution is -2.29. The van der Waals surface area contributed by atoms with E-state index in [0.29, 0.717) is 17.4 Å². The molecule has 19 heavy (non-hydrogen) atoms. The quantitative estimate of drug-likeness (QED) is 0.903. The Bertz CT molecular complexity index is 482. The molecule has 0 saturated carbocycles. The molecule has 1 aliphatic heterocycles. The molecule has 2 heterocycles. The first-order valence-electron chi connectivity index (χ1n) is 6.47. The number of hydrogen-bond acceptors (Lipinski definition) is 3. The fraction of sp³-hybridized carbons (Fsp3) is 0.500. The van der Waals surface area contributed by atoms with E-state index in [2.05, 4.69) is 18.8 Å². The van der Waals surface area contributed by atoms with Crippen molar-refractivity contribution in [1.29, 1.82) is 0 Å². The van der Waals surface area contributed by atoms with Gasteiger partial charge in [-0.3, -0.25) is 4.79 Å². The first-order valence-corrected chi connectivity index (χ1v) is 6.47. The first kappa shape index (κ1) is 13.5. The number of hydrogen-bond donors (Lipinski definition) is 1. The maximum Gasteiger partial charge on any atom is 0.354 e. The van der Waals surface area contributed by atoms with Gasteiger partial charge in [0.05, 0.1) is 5.56 Å². The van der Waals surface area contributed by atoms with Crippen molar-refractivity contribution in [1.82, 2.24) is 9.88 Å². The van der Waals surface area contributed by atoms with Crippen LogP contribution in [0.2, 0.25) is 0 Å². The normalized spacial score (nSPS) is 18.9. The Kier molecular flexibility index (Phi) is 3.83. The number of aromatic carboxylic acids is 1. The van der Waals surface area contributed by atoms with Crippen molar-refractivity contribution in [2.45, 2.75) is 20.3 Å². The van der Waals surface area contributed by atoms with Gasteiger partial charge in [0, 0.05) is 19.3 Å². The number of carboxylic acids is 1. The average Bonchev–Trinajstić information content (AvgIpc) is 2.87. The number of nitrogens with zero attached hydrogens (tertiary/aromatic N) is 2. The van der Waals surface area contributed by atoms with Crippen molar-refractivity contribution in [3.8, 4) is 0 Å². The Labute approximate surface area is 112 Å². The second-order valence-electron chi connectivity index (χ2n) is 5.28. The van der Waals surface area contributed by atoms with E-state index >= 15 is 0 Å². The van der Waals surface area contributed by atoms with Crippen LogP contribution >= 0.6 is 0 Å². The van der Waals surface area contributed by atoms with E-state index in [-0.39, 0.29) is 11.6 Å². The third-order valence-electron chi connectivity index (χ3n) is 3.68. The van der Waals surface area contributed by atoms with Crippen molar-refractivity contribution in [3.05, 3.63) is 29.6 Å². The van der Waals surface area contributed by atoms with E-state index in [1.54, 1.807) is 0 Å². The lowest BCUT2D eigenvalue weighted by Gasteiger charge is -2.18. The summed E-state index contributed by atoms with van der Waals surface area (Å²) in [6.07, 6.45) is 2.37. The van der Waals surface area contributed by atoms with Crippen molar-refractivity contribution in [3.63, 3.8) is 0 Å². The highest BCUT2D eigenvalue weighted by Crippen LogP contribution is 2.24. The number of amides is 1. The number of carboxylic acid groups (broad SMARTS) is 1. The molecule has 5 heteroatoms. The fourth-order valence-electron chi connectivity index (χ4n) is 2.35. The van der Waals surface area contributed by atoms with Crippen LogP contribution in [0.1, 0.15) is 41.1 Å². The summed E-state index contributed by atoms with van der Waals surface area (Å²) in [4.78, 5) is 28.5. The molecule has 0 aliphatic carbocycles. The topological polar surface area (TPSA) is 70.5 Å². The minimum atomic E-state index is -1.08. The SMILES string of the molecule is CC(C)C1CCN(C(=O)c2ccc(C(=O)O)nc2)C1. The van der Waals surface area contributed by atoms with E-state index in [1.165, 1.54) is 18.3 Å². The molecule has 1 saturated heterocycles. The van der Waals surface area contributed by atoms with Gasteiger partial charge in [0.2, 0.25) is 0 Å². The van der Waals surface area contributed by atoms with Crippen LogP contribution in [0.5, 0.6) is 0 Å². The molecule has 0 spiro atoms. The third-order valence-corrected chi connectivity index (χ3v) is 3.68. The van der Waals surface area contributed by atoms with Crippen LogP contribution in [0, 0.1) is 11.8 Å². The van der Waals surface area contributed by atoms with E-state index < -0.39 is 5.97 Å². The van der Waals surface area contributed by atoms with Gasteiger partial charge < -0.3 is 10.0 Å². The number of pyridine rings is 1. The molecule has 1 unspecified atom stereocenters. The van der Waals surface area contributed by atoms with E-state index in [0.717, 1.165) is 19.5 Å². The summed E-state index contributed by atoms with van der Waals surface area (Å²) in [7, 11) is 0. The Balaban J connectivity index is 2.06. The Morgan fingerprint density at radius 1 is 1.42 bits per heavy atom. The molecule has 1 aromatic rings. The maximum atomic E-state index is 12.2. The molecule has 0 radical (unpaired) electrons. The zero-order chi connectivity index (χ0) is 14.0. The van der Waals surface area contributed by atoms with Gasteiger partial charge in [0.25, 0.3) is 5.91 Å². The van der Waals surface area contributed by atoms with Crippen LogP contribution in [-0.2, 0) is 0 Å². The first-order chi connectivity index (χ1) is 8.99. The zero-order valence-corrected chi connectivity index (χ0v) is 11.2. The maximum absolute atomic E-state index is 12.2. The molecule has 102 valence electrons. The molecular formula is C14H18N2O3. The summed E-state index contributed by atoms with van der Waals surface area (Å²) in [5, 5.41) is 8.76. The highest BCUT2D eigenvalue weighted by atomic mass is 16.4. The molecular weight excluding hydrogens is 244 g/mol. The summed E-state index contributed by atoms with van der Waals surface area (Å²) in [6.45, 7) is 5.88. The van der Waals surface area contributed by atoms with Crippen molar-refractivity contribution in [2.24, 2.45) is 11.8 Å². The van der Waals surface area contributed by atoms with Gasteiger partial charge in [-0.15, -0.1) is 0 Å². The molecule has 5 nitrogen and oxygen atoms in total. The van der Waals surface area contributed by atoms with Crippen LogP contribution in [-0.4, -0.2) is 40.0 Å². The predicted octanol–water partition coefficient (Wildman–Crippen LogP) is 1.90. The average molecular weight is 262 g/mol. The minimum absolute atomic E-state index is 0.0435. The Hall–Kier alpha value is -1.91. The van der Waals surface area contributed by atoms with E-state index in [9.17, 15) is 9.59 Å². The lowest BCUT2D eigenvalue weighted by atomic mass is 9.95. The Morgan fingerprint density at radius 3 is 2.63 bits per heavy atom. The number of carbonyl (C=O) groups is 2. The number of rotatable bonds is 3. The third kappa shape index (κ3) is 2.92. The van der Waals surface area contributed by atoms with Gasteiger partial charge in [0.1, 0.15) is 5.69 Å². The molecule has 1 aromatic heterocycles. The van der Waals surface area contributed by atoms with Gasteiger partial charge in [-0.2, -0.15) is 0 Å². The largest absolute Gasteiger partial charge is 0.477 e. The summed E-state index contributed by atoms with van der Waals surface area (Å²) in [6, 6.07) is 2.90. The van der Waals surface area contributed by atoms with Gasteiger partial charge in [-0.05, 0) is 30.4 Å². The second-order valence-corrected chi connectivity index (χ2v) is 5.28. The van der Waals surface area contributed by atoms with Gasteiger partial charge in [0.15, 0.2) is 0 Å². The molecule has 0 bridgehead atoms. The van der Waals surface area contributed by atoms with Crippen LogP contribution < -0.4 is 0 Å². The lowest BCUT2D eigenvalue weighted by molar-refractivity contribution is 0.0688. The van der Waals surface area contributed by atoms with Crippen LogP contribution in [0.25, 0.3) is 0 Å². The van der Waals surface area contributed by atoms with E-state index in [1.807, 2.05) is 4.90 Å². The molecule has 1 fully saturated rings. The van der Waals surface area contributed by atoms with Crippen LogP contribution in [0.15, 0.2) is 18.3 Å². The summed E-state index contributed by atoms with van der Waals surface area (Å²) < 4.78 is 0. The fourth-order valence-corrected chi connectivity index (χ4v) is 2.35. The molecule has 1 atom stereocenters. The monoisotopic (exact) mass is 262 g/mol. The van der Waals surface area contributed by atoms with Gasteiger partial charge in [-0.1, -0.05) is 13.8 Å². The van der Waals surface area contributed by atoms with E-state index in [4.69, 9.17) is 5.11 Å². The predicted molar refractivity (Wildman–Crippen MR) is 70.0 cm³/mol. The molecule has 1 N–H and O–H groups in total. The highest BCUT2D eigenvalue weighted by molar-refractivity contribution is 5.95. The Morgan fingerprint density at radius 2 is 2.16 bits per heavy atom. The summed E-state index contributed by atoms with van der Waals surface area (Å²) >= 11 is 0. The van der Waals surface area contributed by atoms with Crippen LogP contribution in [0.3, 0.4) is 0 Å². The molecule has 2 rings (SSSR count). The molecule has 1 amide bonds. The highest BCUT2D eigenvalue weighted by Gasteiger charge is 2.28. The smallest absolute Gasteiger partial charge is 0.354 e. The van der Waals surface area contributed by atoms with Gasteiger partial charge >= 0.3 is 5.97 Å². The summed E-state index contributed by atoms with van der Waals surface area (Å²) in [5.41, 5.74) is 0.410. The minimum Gasteiger partial charge on any atom is -0.477 e. The van der Waals surface area contributed by atoms with Crippen molar-refractivity contribution < 1.29 is 14.7 Å². The van der Waals surface area contributed by atoms with Crippen molar-refractivity contribution in [2.75, 3.05) is 13.1 Å². The standard InChI is InChI=1S/C14H18N2O3/c1-9(2)11-5-6-16(8-11)13(17)10-3-4-12(14(18)19)15-7-10/h3-4,7,9,11H,5-6,8H2,1-2H3,(H,18,19). The molecule has 0 aromatic carbocycles. The molecule has 1 aliphatic rings.